The third-order valence-corrected chi connectivity index (χ3v) is 3.42. The lowest BCUT2D eigenvalue weighted by molar-refractivity contribution is 0.00759. The zero-order chi connectivity index (χ0) is 17.2. The SMILES string of the molecule is C#CCN(C)C(=O)c1conc1C1CN(C(=O)OC(C)(C)C)C1. The minimum Gasteiger partial charge on any atom is -0.444 e. The summed E-state index contributed by atoms with van der Waals surface area (Å²) in [5.41, 5.74) is 0.407. The molecule has 1 aromatic heterocycles. The summed E-state index contributed by atoms with van der Waals surface area (Å²) in [7, 11) is 1.62. The van der Waals surface area contributed by atoms with Crippen LogP contribution in [0.2, 0.25) is 0 Å². The maximum atomic E-state index is 12.3. The molecule has 124 valence electrons. The summed E-state index contributed by atoms with van der Waals surface area (Å²) in [5, 5.41) is 3.92. The lowest BCUT2D eigenvalue weighted by Crippen LogP contribution is -2.50. The van der Waals surface area contributed by atoms with Crippen LogP contribution in [0.15, 0.2) is 10.8 Å². The molecule has 0 aromatic carbocycles. The summed E-state index contributed by atoms with van der Waals surface area (Å²) in [6, 6.07) is 0. The van der Waals surface area contributed by atoms with Crippen LogP contribution in [0.5, 0.6) is 0 Å². The molecule has 7 nitrogen and oxygen atoms in total. The molecule has 1 aliphatic heterocycles. The molecule has 23 heavy (non-hydrogen) atoms. The minimum atomic E-state index is -0.533. The van der Waals surface area contributed by atoms with Gasteiger partial charge in [-0.2, -0.15) is 0 Å². The van der Waals surface area contributed by atoms with Crippen LogP contribution in [0.25, 0.3) is 0 Å². The van der Waals surface area contributed by atoms with E-state index in [1.165, 1.54) is 11.2 Å². The van der Waals surface area contributed by atoms with Gasteiger partial charge in [0.1, 0.15) is 23.1 Å². The molecule has 7 heteroatoms. The van der Waals surface area contributed by atoms with Gasteiger partial charge in [-0.1, -0.05) is 11.1 Å². The van der Waals surface area contributed by atoms with Gasteiger partial charge in [0.05, 0.1) is 6.54 Å². The van der Waals surface area contributed by atoms with Crippen LogP contribution < -0.4 is 0 Å². The number of nitrogens with zero attached hydrogens (tertiary/aromatic N) is 3. The molecule has 0 saturated carbocycles. The second-order valence-electron chi connectivity index (χ2n) is 6.56. The van der Waals surface area contributed by atoms with Gasteiger partial charge in [-0.25, -0.2) is 4.79 Å². The van der Waals surface area contributed by atoms with Crippen molar-refractivity contribution in [1.82, 2.24) is 15.0 Å². The van der Waals surface area contributed by atoms with Gasteiger partial charge in [0.25, 0.3) is 5.91 Å². The summed E-state index contributed by atoms with van der Waals surface area (Å²) < 4.78 is 10.2. The van der Waals surface area contributed by atoms with Gasteiger partial charge in [0.15, 0.2) is 0 Å². The van der Waals surface area contributed by atoms with Gasteiger partial charge in [-0.3, -0.25) is 4.79 Å². The van der Waals surface area contributed by atoms with Gasteiger partial charge < -0.3 is 19.1 Å². The van der Waals surface area contributed by atoms with Crippen molar-refractivity contribution in [2.75, 3.05) is 26.7 Å². The number of ether oxygens (including phenoxy) is 1. The van der Waals surface area contributed by atoms with Crippen molar-refractivity contribution in [2.45, 2.75) is 32.3 Å². The summed E-state index contributed by atoms with van der Waals surface area (Å²) >= 11 is 0. The number of hydrogen-bond donors (Lipinski definition) is 0. The zero-order valence-corrected chi connectivity index (χ0v) is 13.8. The van der Waals surface area contributed by atoms with E-state index in [2.05, 4.69) is 11.1 Å². The van der Waals surface area contributed by atoms with Crippen molar-refractivity contribution in [3.05, 3.63) is 17.5 Å². The molecule has 1 fully saturated rings. The van der Waals surface area contributed by atoms with Crippen LogP contribution in [0, 0.1) is 12.3 Å². The van der Waals surface area contributed by atoms with Gasteiger partial charge in [0, 0.05) is 26.1 Å². The van der Waals surface area contributed by atoms with Crippen LogP contribution in [-0.2, 0) is 4.74 Å². The summed E-state index contributed by atoms with van der Waals surface area (Å²) in [5.74, 6) is 2.13. The summed E-state index contributed by atoms with van der Waals surface area (Å²) in [4.78, 5) is 27.2. The van der Waals surface area contributed by atoms with Crippen molar-refractivity contribution in [3.8, 4) is 12.3 Å². The fourth-order valence-corrected chi connectivity index (χ4v) is 2.24. The van der Waals surface area contributed by atoms with Crippen molar-refractivity contribution < 1.29 is 18.8 Å². The average Bonchev–Trinajstić information content (AvgIpc) is 2.83. The smallest absolute Gasteiger partial charge is 0.410 e. The number of terminal acetylenes is 1. The largest absolute Gasteiger partial charge is 0.444 e. The van der Waals surface area contributed by atoms with Crippen LogP contribution in [0.4, 0.5) is 4.79 Å². The maximum Gasteiger partial charge on any atom is 0.410 e. The number of rotatable bonds is 3. The lowest BCUT2D eigenvalue weighted by atomic mass is 9.94. The second kappa shape index (κ2) is 6.32. The predicted molar refractivity (Wildman–Crippen MR) is 82.8 cm³/mol. The third kappa shape index (κ3) is 3.83. The molecule has 1 saturated heterocycles. The molecule has 0 spiro atoms. The Balaban J connectivity index is 1.99. The molecule has 0 aliphatic carbocycles. The first-order valence-corrected chi connectivity index (χ1v) is 7.34. The first kappa shape index (κ1) is 16.9. The van der Waals surface area contributed by atoms with Gasteiger partial charge in [-0.15, -0.1) is 6.42 Å². The highest BCUT2D eigenvalue weighted by molar-refractivity contribution is 5.95. The molecule has 2 amide bonds. The monoisotopic (exact) mass is 319 g/mol. The van der Waals surface area contributed by atoms with Crippen LogP contribution in [0.1, 0.15) is 42.7 Å². The number of hydrogen-bond acceptors (Lipinski definition) is 5. The molecule has 0 atom stereocenters. The molecule has 2 heterocycles. The Labute approximate surface area is 135 Å². The lowest BCUT2D eigenvalue weighted by Gasteiger charge is -2.39. The molecule has 0 bridgehead atoms. The Hall–Kier alpha value is -2.49. The molecule has 0 N–H and O–H groups in total. The van der Waals surface area contributed by atoms with E-state index in [1.54, 1.807) is 11.9 Å². The quantitative estimate of drug-likeness (QED) is 0.793. The standard InChI is InChI=1S/C16H21N3O4/c1-6-7-18(5)14(20)12-10-22-17-13(12)11-8-19(9-11)15(21)23-16(2,3)4/h1,10-11H,7-9H2,2-5H3. The molecule has 0 unspecified atom stereocenters. The molecule has 2 rings (SSSR count). The highest BCUT2D eigenvalue weighted by Crippen LogP contribution is 2.30. The highest BCUT2D eigenvalue weighted by Gasteiger charge is 2.38. The van der Waals surface area contributed by atoms with Crippen molar-refractivity contribution in [3.63, 3.8) is 0 Å². The molecular formula is C16H21N3O4. The number of carbonyl (C=O) groups excluding carboxylic acids is 2. The topological polar surface area (TPSA) is 75.9 Å². The van der Waals surface area contributed by atoms with Crippen LogP contribution >= 0.6 is 0 Å². The predicted octanol–water partition coefficient (Wildman–Crippen LogP) is 1.71. The van der Waals surface area contributed by atoms with Crippen molar-refractivity contribution in [1.29, 1.82) is 0 Å². The van der Waals surface area contributed by atoms with E-state index in [0.717, 1.165) is 0 Å². The average molecular weight is 319 g/mol. The van der Waals surface area contributed by atoms with Crippen molar-refractivity contribution in [2.24, 2.45) is 0 Å². The fraction of sp³-hybridized carbons (Fsp3) is 0.562. The van der Waals surface area contributed by atoms with E-state index in [4.69, 9.17) is 15.7 Å². The second-order valence-corrected chi connectivity index (χ2v) is 6.56. The van der Waals surface area contributed by atoms with E-state index < -0.39 is 5.60 Å². The number of aromatic nitrogens is 1. The van der Waals surface area contributed by atoms with Gasteiger partial charge in [0.2, 0.25) is 0 Å². The number of amides is 2. The van der Waals surface area contributed by atoms with E-state index in [-0.39, 0.29) is 24.5 Å². The van der Waals surface area contributed by atoms with Gasteiger partial charge >= 0.3 is 6.09 Å². The van der Waals surface area contributed by atoms with Crippen LogP contribution in [-0.4, -0.2) is 59.2 Å². The maximum absolute atomic E-state index is 12.3. The van der Waals surface area contributed by atoms with Crippen molar-refractivity contribution >= 4 is 12.0 Å². The van der Waals surface area contributed by atoms with Crippen LogP contribution in [0.3, 0.4) is 0 Å². The molecule has 1 aromatic rings. The first-order chi connectivity index (χ1) is 10.7. The highest BCUT2D eigenvalue weighted by atomic mass is 16.6. The summed E-state index contributed by atoms with van der Waals surface area (Å²) in [6.07, 6.45) is 6.17. The Morgan fingerprint density at radius 2 is 2.17 bits per heavy atom. The Kier molecular flexibility index (Phi) is 4.64. The number of likely N-dealkylation sites (tertiary alicyclic amines) is 1. The molecule has 0 radical (unpaired) electrons. The van der Waals surface area contributed by atoms with Gasteiger partial charge in [-0.05, 0) is 20.8 Å². The van der Waals surface area contributed by atoms with E-state index in [1.807, 2.05) is 20.8 Å². The normalized spacial score (nSPS) is 14.8. The van der Waals surface area contributed by atoms with E-state index in [9.17, 15) is 9.59 Å². The molecular weight excluding hydrogens is 298 g/mol. The Morgan fingerprint density at radius 3 is 2.74 bits per heavy atom. The minimum absolute atomic E-state index is 0.0422. The van der Waals surface area contributed by atoms with E-state index >= 15 is 0 Å². The zero-order valence-electron chi connectivity index (χ0n) is 13.8. The summed E-state index contributed by atoms with van der Waals surface area (Å²) in [6.45, 7) is 6.55. The molecule has 1 aliphatic rings. The first-order valence-electron chi connectivity index (χ1n) is 7.34. The number of carbonyl (C=O) groups is 2. The Bertz CT molecular complexity index is 632. The fourth-order valence-electron chi connectivity index (χ4n) is 2.24. The van der Waals surface area contributed by atoms with E-state index in [0.29, 0.717) is 24.3 Å². The third-order valence-electron chi connectivity index (χ3n) is 3.42. The Morgan fingerprint density at radius 1 is 1.52 bits per heavy atom.